The number of hydrogen-bond acceptors (Lipinski definition) is 5. The number of allylic oxidation sites excluding steroid dienone is 3. The number of nitrogens with zero attached hydrogens (tertiary/aromatic N) is 4. The number of benzene rings is 1. The number of carbonyl (C=O) groups excluding carboxylic acids is 2. The Bertz CT molecular complexity index is 1180. The Balaban J connectivity index is 1.51. The highest BCUT2D eigenvalue weighted by atomic mass is 19.4. The molecule has 2 amide bonds. The van der Waals surface area contributed by atoms with Gasteiger partial charge < -0.3 is 14.2 Å². The fourth-order valence-electron chi connectivity index (χ4n) is 4.50. The van der Waals surface area contributed by atoms with Gasteiger partial charge in [-0.1, -0.05) is 44.2 Å². The molecule has 1 fully saturated rings. The molecule has 198 valence electrons. The summed E-state index contributed by atoms with van der Waals surface area (Å²) >= 11 is 0. The number of piperidine rings is 1. The Morgan fingerprint density at radius 2 is 1.78 bits per heavy atom. The van der Waals surface area contributed by atoms with Crippen LogP contribution in [0.3, 0.4) is 0 Å². The van der Waals surface area contributed by atoms with Crippen molar-refractivity contribution in [2.45, 2.75) is 45.5 Å². The monoisotopic (exact) mass is 520 g/mol. The van der Waals surface area contributed by atoms with E-state index in [-0.39, 0.29) is 48.1 Å². The highest BCUT2D eigenvalue weighted by Gasteiger charge is 2.39. The van der Waals surface area contributed by atoms with Gasteiger partial charge in [-0.05, 0) is 30.5 Å². The van der Waals surface area contributed by atoms with Crippen LogP contribution >= 0.6 is 0 Å². The van der Waals surface area contributed by atoms with Gasteiger partial charge in [0.15, 0.2) is 0 Å². The highest BCUT2D eigenvalue weighted by Crippen LogP contribution is 2.34. The molecule has 1 atom stereocenters. The average Bonchev–Trinajstić information content (AvgIpc) is 3.39. The molecule has 37 heavy (non-hydrogen) atoms. The normalized spacial score (nSPS) is 19.0. The molecule has 1 unspecified atom stereocenters. The van der Waals surface area contributed by atoms with Crippen molar-refractivity contribution in [3.8, 4) is 0 Å². The lowest BCUT2D eigenvalue weighted by Crippen LogP contribution is -2.46. The Hall–Kier alpha value is -3.50. The van der Waals surface area contributed by atoms with E-state index in [1.807, 2.05) is 19.9 Å². The van der Waals surface area contributed by atoms with E-state index < -0.39 is 18.2 Å². The fourth-order valence-corrected chi connectivity index (χ4v) is 4.50. The number of rotatable bonds is 6. The molecule has 4 rings (SSSR count). The lowest BCUT2D eigenvalue weighted by molar-refractivity contribution is -0.157. The first-order valence-electron chi connectivity index (χ1n) is 12.1. The fraction of sp³-hybridized carbons (Fsp3) is 0.462. The topological polar surface area (TPSA) is 79.5 Å². The van der Waals surface area contributed by atoms with Crippen molar-refractivity contribution in [2.75, 3.05) is 24.5 Å². The Morgan fingerprint density at radius 1 is 1.11 bits per heavy atom. The number of anilines is 1. The molecule has 2 aliphatic rings. The summed E-state index contributed by atoms with van der Waals surface area (Å²) < 4.78 is 58.2. The van der Waals surface area contributed by atoms with Crippen LogP contribution in [0.15, 0.2) is 52.5 Å². The van der Waals surface area contributed by atoms with Gasteiger partial charge in [-0.15, -0.1) is 10.2 Å². The summed E-state index contributed by atoms with van der Waals surface area (Å²) in [5.41, 5.74) is 1.07. The summed E-state index contributed by atoms with van der Waals surface area (Å²) in [6, 6.07) is 8.92. The minimum atomic E-state index is -4.79. The molecule has 1 saturated heterocycles. The molecule has 1 aliphatic heterocycles. The van der Waals surface area contributed by atoms with E-state index in [0.29, 0.717) is 37.2 Å². The van der Waals surface area contributed by atoms with Gasteiger partial charge in [0.05, 0.1) is 0 Å². The second kappa shape index (κ2) is 10.9. The third-order valence-corrected chi connectivity index (χ3v) is 6.57. The lowest BCUT2D eigenvalue weighted by atomic mass is 9.92. The Morgan fingerprint density at radius 3 is 2.35 bits per heavy atom. The molecule has 11 heteroatoms. The average molecular weight is 521 g/mol. The van der Waals surface area contributed by atoms with Crippen LogP contribution < -0.4 is 4.90 Å². The third kappa shape index (κ3) is 6.08. The molecule has 0 radical (unpaired) electrons. The van der Waals surface area contributed by atoms with Crippen molar-refractivity contribution in [2.24, 2.45) is 11.8 Å². The number of amides is 2. The second-order valence-corrected chi connectivity index (χ2v) is 9.53. The van der Waals surface area contributed by atoms with Crippen LogP contribution in [0.1, 0.15) is 44.9 Å². The molecule has 1 aromatic heterocycles. The Labute approximate surface area is 211 Å². The number of aromatic nitrogens is 2. The number of alkyl halides is 4. The SMILES string of the molecule is CC(C)C(=O)N1CCC(C(=O)N(CC2=CC=C(c3nnc(C(F)(F)F)o3)CC2F)c2ccccc2)CC1. The van der Waals surface area contributed by atoms with Crippen molar-refractivity contribution in [3.05, 3.63) is 59.8 Å². The summed E-state index contributed by atoms with van der Waals surface area (Å²) in [6.07, 6.45) is -2.66. The zero-order valence-corrected chi connectivity index (χ0v) is 20.5. The molecular weight excluding hydrogens is 492 g/mol. The van der Waals surface area contributed by atoms with Crippen LogP contribution in [-0.4, -0.2) is 52.7 Å². The molecule has 0 saturated carbocycles. The second-order valence-electron chi connectivity index (χ2n) is 9.53. The molecule has 0 spiro atoms. The van der Waals surface area contributed by atoms with Gasteiger partial charge >= 0.3 is 12.1 Å². The number of likely N-dealkylation sites (tertiary alicyclic amines) is 1. The van der Waals surface area contributed by atoms with Gasteiger partial charge in [-0.3, -0.25) is 9.59 Å². The van der Waals surface area contributed by atoms with Crippen LogP contribution in [0.5, 0.6) is 0 Å². The molecule has 1 aliphatic carbocycles. The van der Waals surface area contributed by atoms with Crippen LogP contribution in [-0.2, 0) is 15.8 Å². The maximum absolute atomic E-state index is 15.2. The van der Waals surface area contributed by atoms with E-state index in [4.69, 9.17) is 0 Å². The minimum Gasteiger partial charge on any atom is -0.413 e. The number of halogens is 4. The Kier molecular flexibility index (Phi) is 7.79. The van der Waals surface area contributed by atoms with E-state index in [0.717, 1.165) is 0 Å². The standard InChI is InChI=1S/C26H28F4N4O3/c1-16(2)23(35)33-12-10-17(11-13-33)24(36)34(20-6-4-3-5-7-20)15-19-9-8-18(14-21(19)27)22-31-32-25(37-22)26(28,29)30/h3-9,16-17,21H,10-15H2,1-2H3. The predicted octanol–water partition coefficient (Wildman–Crippen LogP) is 5.07. The summed E-state index contributed by atoms with van der Waals surface area (Å²) in [5.74, 6) is -2.40. The first-order valence-corrected chi connectivity index (χ1v) is 12.1. The summed E-state index contributed by atoms with van der Waals surface area (Å²) in [6.45, 7) is 4.64. The van der Waals surface area contributed by atoms with Gasteiger partial charge in [0, 0.05) is 49.2 Å². The number of para-hydroxylation sites is 1. The lowest BCUT2D eigenvalue weighted by Gasteiger charge is -2.35. The van der Waals surface area contributed by atoms with Crippen molar-refractivity contribution in [3.63, 3.8) is 0 Å². The van der Waals surface area contributed by atoms with E-state index in [9.17, 15) is 22.8 Å². The van der Waals surface area contributed by atoms with Crippen LogP contribution in [0.2, 0.25) is 0 Å². The van der Waals surface area contributed by atoms with E-state index in [2.05, 4.69) is 14.6 Å². The van der Waals surface area contributed by atoms with Crippen LogP contribution in [0.4, 0.5) is 23.2 Å². The van der Waals surface area contributed by atoms with Gasteiger partial charge in [-0.2, -0.15) is 13.2 Å². The van der Waals surface area contributed by atoms with E-state index in [1.165, 1.54) is 17.1 Å². The molecule has 1 aromatic carbocycles. The minimum absolute atomic E-state index is 0.0173. The van der Waals surface area contributed by atoms with Crippen LogP contribution in [0.25, 0.3) is 5.57 Å². The summed E-state index contributed by atoms with van der Waals surface area (Å²) in [7, 11) is 0. The zero-order chi connectivity index (χ0) is 26.7. The molecule has 7 nitrogen and oxygen atoms in total. The molecule has 2 aromatic rings. The van der Waals surface area contributed by atoms with Gasteiger partial charge in [-0.25, -0.2) is 4.39 Å². The summed E-state index contributed by atoms with van der Waals surface area (Å²) in [5, 5.41) is 6.39. The quantitative estimate of drug-likeness (QED) is 0.497. The van der Waals surface area contributed by atoms with Gasteiger partial charge in [0.1, 0.15) is 6.17 Å². The van der Waals surface area contributed by atoms with Crippen molar-refractivity contribution in [1.82, 2.24) is 15.1 Å². The van der Waals surface area contributed by atoms with Gasteiger partial charge in [0.25, 0.3) is 0 Å². The molecular formula is C26H28F4N4O3. The van der Waals surface area contributed by atoms with Crippen molar-refractivity contribution in [1.29, 1.82) is 0 Å². The smallest absolute Gasteiger partial charge is 0.413 e. The van der Waals surface area contributed by atoms with Crippen molar-refractivity contribution < 1.29 is 31.6 Å². The molecule has 0 bridgehead atoms. The first kappa shape index (κ1) is 26.6. The van der Waals surface area contributed by atoms with Crippen molar-refractivity contribution >= 4 is 23.1 Å². The first-order chi connectivity index (χ1) is 17.5. The van der Waals surface area contributed by atoms with Gasteiger partial charge in [0.2, 0.25) is 17.7 Å². The largest absolute Gasteiger partial charge is 0.470 e. The number of carbonyl (C=O) groups is 2. The maximum atomic E-state index is 15.2. The van der Waals surface area contributed by atoms with E-state index >= 15 is 4.39 Å². The highest BCUT2D eigenvalue weighted by molar-refractivity contribution is 5.95. The summed E-state index contributed by atoms with van der Waals surface area (Å²) in [4.78, 5) is 29.2. The maximum Gasteiger partial charge on any atom is 0.470 e. The third-order valence-electron chi connectivity index (χ3n) is 6.57. The predicted molar refractivity (Wildman–Crippen MR) is 128 cm³/mol. The molecule has 2 heterocycles. The zero-order valence-electron chi connectivity index (χ0n) is 20.5. The molecule has 0 N–H and O–H groups in total. The number of hydrogen-bond donors (Lipinski definition) is 0. The van der Waals surface area contributed by atoms with E-state index in [1.54, 1.807) is 29.2 Å². The van der Waals surface area contributed by atoms with Crippen LogP contribution in [0, 0.1) is 11.8 Å².